The van der Waals surface area contributed by atoms with Gasteiger partial charge in [-0.25, -0.2) is 9.78 Å². The van der Waals surface area contributed by atoms with Gasteiger partial charge < -0.3 is 16.0 Å². The van der Waals surface area contributed by atoms with E-state index < -0.39 is 0 Å². The minimum Gasteiger partial charge on any atom is -0.352 e. The zero-order valence-corrected chi connectivity index (χ0v) is 18.9. The minimum atomic E-state index is -0.286. The van der Waals surface area contributed by atoms with Crippen molar-refractivity contribution in [3.05, 3.63) is 70.7 Å². The van der Waals surface area contributed by atoms with Gasteiger partial charge >= 0.3 is 6.03 Å². The first-order chi connectivity index (χ1) is 14.9. The molecule has 162 valence electrons. The van der Waals surface area contributed by atoms with Crippen molar-refractivity contribution in [3.8, 4) is 10.6 Å². The summed E-state index contributed by atoms with van der Waals surface area (Å²) in [7, 11) is 0. The number of carbonyl (C=O) groups is 2. The summed E-state index contributed by atoms with van der Waals surface area (Å²) in [5.41, 5.74) is 4.49. The summed E-state index contributed by atoms with van der Waals surface area (Å²) >= 11 is 1.61. The third-order valence-electron chi connectivity index (χ3n) is 4.59. The Hall–Kier alpha value is -3.19. The maximum atomic E-state index is 12.1. The van der Waals surface area contributed by atoms with Crippen molar-refractivity contribution < 1.29 is 9.59 Å². The fourth-order valence-corrected chi connectivity index (χ4v) is 3.69. The number of amides is 3. The van der Waals surface area contributed by atoms with Crippen LogP contribution in [0.4, 0.5) is 10.5 Å². The van der Waals surface area contributed by atoms with Crippen LogP contribution in [-0.4, -0.2) is 30.0 Å². The molecule has 0 aliphatic rings. The highest BCUT2D eigenvalue weighted by Crippen LogP contribution is 2.24. The van der Waals surface area contributed by atoms with Crippen molar-refractivity contribution in [3.63, 3.8) is 0 Å². The first-order valence-electron chi connectivity index (χ1n) is 10.4. The predicted molar refractivity (Wildman–Crippen MR) is 127 cm³/mol. The van der Waals surface area contributed by atoms with Gasteiger partial charge in [0.1, 0.15) is 5.01 Å². The van der Waals surface area contributed by atoms with Gasteiger partial charge in [0.15, 0.2) is 0 Å². The molecule has 0 fully saturated rings. The van der Waals surface area contributed by atoms with E-state index in [1.165, 1.54) is 5.56 Å². The molecule has 0 radical (unpaired) electrons. The predicted octanol–water partition coefficient (Wildman–Crippen LogP) is 4.87. The Kier molecular flexibility index (Phi) is 7.78. The third-order valence-corrected chi connectivity index (χ3v) is 5.53. The number of aromatic nitrogens is 1. The Morgan fingerprint density at radius 1 is 1.00 bits per heavy atom. The van der Waals surface area contributed by atoms with Crippen LogP contribution in [0.15, 0.2) is 53.9 Å². The molecule has 7 heteroatoms. The van der Waals surface area contributed by atoms with Crippen LogP contribution in [0.3, 0.4) is 0 Å². The summed E-state index contributed by atoms with van der Waals surface area (Å²) < 4.78 is 0. The molecule has 1 heterocycles. The molecule has 0 aliphatic carbocycles. The molecule has 31 heavy (non-hydrogen) atoms. The zero-order valence-electron chi connectivity index (χ0n) is 18.1. The monoisotopic (exact) mass is 436 g/mol. The first kappa shape index (κ1) is 22.5. The lowest BCUT2D eigenvalue weighted by Gasteiger charge is -2.09. The molecular formula is C24H28N4O2S. The molecule has 0 bridgehead atoms. The van der Waals surface area contributed by atoms with Crippen molar-refractivity contribution in [1.29, 1.82) is 0 Å². The largest absolute Gasteiger partial charge is 0.352 e. The van der Waals surface area contributed by atoms with Gasteiger partial charge in [0.25, 0.3) is 5.91 Å². The fraction of sp³-hybridized carbons (Fsp3) is 0.292. The number of nitrogens with zero attached hydrogens (tertiary/aromatic N) is 1. The molecule has 6 nitrogen and oxygen atoms in total. The second-order valence-electron chi connectivity index (χ2n) is 7.82. The van der Waals surface area contributed by atoms with Crippen LogP contribution in [0.5, 0.6) is 0 Å². The maximum Gasteiger partial charge on any atom is 0.319 e. The van der Waals surface area contributed by atoms with E-state index in [9.17, 15) is 9.59 Å². The number of anilines is 1. The Morgan fingerprint density at radius 2 is 1.71 bits per heavy atom. The Bertz CT molecular complexity index is 1010. The zero-order chi connectivity index (χ0) is 22.2. The SMILES string of the molecule is Cc1ccc(-c2nc(CCNC(=O)Nc3ccc(C(=O)NCC(C)C)cc3)cs2)cc1. The summed E-state index contributed by atoms with van der Waals surface area (Å²) in [6.45, 7) is 7.27. The van der Waals surface area contributed by atoms with Gasteiger partial charge in [-0.15, -0.1) is 11.3 Å². The van der Waals surface area contributed by atoms with E-state index in [4.69, 9.17) is 0 Å². The molecule has 3 aromatic rings. The average Bonchev–Trinajstić information content (AvgIpc) is 3.22. The molecular weight excluding hydrogens is 408 g/mol. The van der Waals surface area contributed by atoms with Crippen LogP contribution in [0.25, 0.3) is 10.6 Å². The Labute approximate surface area is 187 Å². The summed E-state index contributed by atoms with van der Waals surface area (Å²) in [5.74, 6) is 0.282. The Balaban J connectivity index is 1.43. The molecule has 3 amide bonds. The number of thiazole rings is 1. The van der Waals surface area contributed by atoms with Crippen molar-refractivity contribution in [1.82, 2.24) is 15.6 Å². The van der Waals surface area contributed by atoms with E-state index in [0.717, 1.165) is 16.3 Å². The van der Waals surface area contributed by atoms with Gasteiger partial charge in [-0.05, 0) is 37.1 Å². The van der Waals surface area contributed by atoms with E-state index in [2.05, 4.69) is 52.1 Å². The fourth-order valence-electron chi connectivity index (χ4n) is 2.83. The number of nitrogens with one attached hydrogen (secondary N) is 3. The van der Waals surface area contributed by atoms with E-state index in [1.807, 2.05) is 19.2 Å². The second-order valence-corrected chi connectivity index (χ2v) is 8.68. The van der Waals surface area contributed by atoms with Gasteiger partial charge in [0.2, 0.25) is 0 Å². The van der Waals surface area contributed by atoms with Crippen molar-refractivity contribution >= 4 is 29.0 Å². The van der Waals surface area contributed by atoms with E-state index in [0.29, 0.717) is 36.7 Å². The molecule has 0 aliphatic heterocycles. The highest BCUT2D eigenvalue weighted by Gasteiger charge is 2.08. The summed E-state index contributed by atoms with van der Waals surface area (Å²) in [4.78, 5) is 28.8. The highest BCUT2D eigenvalue weighted by molar-refractivity contribution is 7.13. The number of urea groups is 1. The van der Waals surface area contributed by atoms with Crippen LogP contribution >= 0.6 is 11.3 Å². The molecule has 0 saturated heterocycles. The second kappa shape index (κ2) is 10.7. The smallest absolute Gasteiger partial charge is 0.319 e. The van der Waals surface area contributed by atoms with Crippen molar-refractivity contribution in [2.75, 3.05) is 18.4 Å². The summed E-state index contributed by atoms with van der Waals surface area (Å²) in [6.07, 6.45) is 0.657. The number of aryl methyl sites for hydroxylation is 1. The molecule has 3 rings (SSSR count). The van der Waals surface area contributed by atoms with Gasteiger partial charge in [0, 0.05) is 41.7 Å². The van der Waals surface area contributed by atoms with Gasteiger partial charge in [-0.1, -0.05) is 43.7 Å². The quantitative estimate of drug-likeness (QED) is 0.471. The lowest BCUT2D eigenvalue weighted by Crippen LogP contribution is -2.30. The molecule has 3 N–H and O–H groups in total. The van der Waals surface area contributed by atoms with Crippen molar-refractivity contribution in [2.24, 2.45) is 5.92 Å². The molecule has 0 saturated carbocycles. The number of rotatable bonds is 8. The number of hydrogen-bond acceptors (Lipinski definition) is 4. The van der Waals surface area contributed by atoms with Crippen LogP contribution in [0, 0.1) is 12.8 Å². The van der Waals surface area contributed by atoms with E-state index >= 15 is 0 Å². The van der Waals surface area contributed by atoms with Gasteiger partial charge in [0.05, 0.1) is 5.69 Å². The molecule has 0 spiro atoms. The summed E-state index contributed by atoms with van der Waals surface area (Å²) in [5, 5.41) is 11.5. The molecule has 0 unspecified atom stereocenters. The normalized spacial score (nSPS) is 10.7. The number of carbonyl (C=O) groups excluding carboxylic acids is 2. The molecule has 1 aromatic heterocycles. The van der Waals surface area contributed by atoms with Crippen molar-refractivity contribution in [2.45, 2.75) is 27.2 Å². The minimum absolute atomic E-state index is 0.113. The number of benzene rings is 2. The van der Waals surface area contributed by atoms with E-state index in [-0.39, 0.29) is 11.9 Å². The van der Waals surface area contributed by atoms with Crippen LogP contribution in [0.1, 0.15) is 35.5 Å². The van der Waals surface area contributed by atoms with Crippen LogP contribution in [0.2, 0.25) is 0 Å². The topological polar surface area (TPSA) is 83.1 Å². The highest BCUT2D eigenvalue weighted by atomic mass is 32.1. The lowest BCUT2D eigenvalue weighted by molar-refractivity contribution is 0.0949. The summed E-state index contributed by atoms with van der Waals surface area (Å²) in [6, 6.07) is 14.9. The van der Waals surface area contributed by atoms with Crippen LogP contribution < -0.4 is 16.0 Å². The van der Waals surface area contributed by atoms with E-state index in [1.54, 1.807) is 35.6 Å². The van der Waals surface area contributed by atoms with Crippen LogP contribution in [-0.2, 0) is 6.42 Å². The molecule has 0 atom stereocenters. The lowest BCUT2D eigenvalue weighted by atomic mass is 10.1. The first-order valence-corrected chi connectivity index (χ1v) is 11.2. The van der Waals surface area contributed by atoms with Gasteiger partial charge in [-0.3, -0.25) is 4.79 Å². The average molecular weight is 437 g/mol. The maximum absolute atomic E-state index is 12.1. The standard InChI is InChI=1S/C24H28N4O2S/c1-16(2)14-26-22(29)18-8-10-20(11-9-18)28-24(30)25-13-12-21-15-31-23(27-21)19-6-4-17(3)5-7-19/h4-11,15-16H,12-14H2,1-3H3,(H,26,29)(H2,25,28,30). The Morgan fingerprint density at radius 3 is 2.39 bits per heavy atom. The number of hydrogen-bond donors (Lipinski definition) is 3. The molecule has 2 aromatic carbocycles. The third kappa shape index (κ3) is 6.93. The van der Waals surface area contributed by atoms with Gasteiger partial charge in [-0.2, -0.15) is 0 Å².